The SMILES string of the molecule is CN=C(NCCCCN(C)c1ccccc1)NCC(=O)NC(C)(C)C.I. The number of halogens is 1. The summed E-state index contributed by atoms with van der Waals surface area (Å²) in [5, 5.41) is 9.19. The van der Waals surface area contributed by atoms with E-state index < -0.39 is 0 Å². The third-order valence-corrected chi connectivity index (χ3v) is 3.56. The second-order valence-corrected chi connectivity index (χ2v) is 7.11. The molecule has 1 aromatic rings. The van der Waals surface area contributed by atoms with Gasteiger partial charge < -0.3 is 20.9 Å². The number of guanidine groups is 1. The Balaban J connectivity index is 0.00000625. The first-order valence-corrected chi connectivity index (χ1v) is 8.83. The van der Waals surface area contributed by atoms with Crippen LogP contribution in [0, 0.1) is 0 Å². The lowest BCUT2D eigenvalue weighted by Gasteiger charge is -2.21. The lowest BCUT2D eigenvalue weighted by Crippen LogP contribution is -2.48. The summed E-state index contributed by atoms with van der Waals surface area (Å²) in [4.78, 5) is 18.2. The number of nitrogens with zero attached hydrogens (tertiary/aromatic N) is 2. The molecule has 1 amide bonds. The number of nitrogens with one attached hydrogen (secondary N) is 3. The average Bonchev–Trinajstić information content (AvgIpc) is 2.56. The van der Waals surface area contributed by atoms with Crippen molar-refractivity contribution in [2.75, 3.05) is 38.6 Å². The summed E-state index contributed by atoms with van der Waals surface area (Å²) in [6.45, 7) is 7.93. The molecule has 0 fully saturated rings. The molecule has 6 nitrogen and oxygen atoms in total. The van der Waals surface area contributed by atoms with Gasteiger partial charge >= 0.3 is 0 Å². The second-order valence-electron chi connectivity index (χ2n) is 7.11. The van der Waals surface area contributed by atoms with Crippen molar-refractivity contribution in [2.45, 2.75) is 39.2 Å². The minimum atomic E-state index is -0.222. The van der Waals surface area contributed by atoms with Gasteiger partial charge in [-0.1, -0.05) is 18.2 Å². The van der Waals surface area contributed by atoms with E-state index in [2.05, 4.69) is 57.2 Å². The topological polar surface area (TPSA) is 68.8 Å². The van der Waals surface area contributed by atoms with Crippen molar-refractivity contribution in [2.24, 2.45) is 4.99 Å². The molecule has 0 radical (unpaired) electrons. The van der Waals surface area contributed by atoms with Gasteiger partial charge in [0.25, 0.3) is 0 Å². The zero-order chi connectivity index (χ0) is 18.7. The Hall–Kier alpha value is -1.51. The molecule has 0 saturated carbocycles. The number of carbonyl (C=O) groups excluding carboxylic acids is 1. The van der Waals surface area contributed by atoms with Crippen LogP contribution in [-0.2, 0) is 4.79 Å². The van der Waals surface area contributed by atoms with E-state index in [1.54, 1.807) is 7.05 Å². The lowest BCUT2D eigenvalue weighted by atomic mass is 10.1. The van der Waals surface area contributed by atoms with Crippen molar-refractivity contribution in [3.05, 3.63) is 30.3 Å². The van der Waals surface area contributed by atoms with Gasteiger partial charge in [0.05, 0.1) is 6.54 Å². The summed E-state index contributed by atoms with van der Waals surface area (Å²) >= 11 is 0. The van der Waals surface area contributed by atoms with E-state index in [1.165, 1.54) is 5.69 Å². The highest BCUT2D eigenvalue weighted by Gasteiger charge is 2.13. The molecule has 0 atom stereocenters. The third kappa shape index (κ3) is 11.2. The van der Waals surface area contributed by atoms with Crippen LogP contribution in [0.2, 0.25) is 0 Å². The molecule has 3 N–H and O–H groups in total. The largest absolute Gasteiger partial charge is 0.375 e. The molecule has 0 heterocycles. The van der Waals surface area contributed by atoms with E-state index in [-0.39, 0.29) is 42.0 Å². The Morgan fingerprint density at radius 2 is 1.77 bits per heavy atom. The first-order valence-electron chi connectivity index (χ1n) is 8.83. The van der Waals surface area contributed by atoms with Crippen LogP contribution in [0.25, 0.3) is 0 Å². The van der Waals surface area contributed by atoms with E-state index >= 15 is 0 Å². The lowest BCUT2D eigenvalue weighted by molar-refractivity contribution is -0.121. The van der Waals surface area contributed by atoms with Crippen molar-refractivity contribution in [1.82, 2.24) is 16.0 Å². The normalized spacial score (nSPS) is 11.3. The van der Waals surface area contributed by atoms with Crippen LogP contribution < -0.4 is 20.9 Å². The van der Waals surface area contributed by atoms with Gasteiger partial charge in [0.15, 0.2) is 5.96 Å². The van der Waals surface area contributed by atoms with Crippen molar-refractivity contribution in [1.29, 1.82) is 0 Å². The first-order chi connectivity index (χ1) is 11.8. The second kappa shape index (κ2) is 12.8. The molecular formula is C19H34IN5O. The minimum absolute atomic E-state index is 0. The van der Waals surface area contributed by atoms with E-state index in [0.717, 1.165) is 25.9 Å². The number of aliphatic imine (C=N–C) groups is 1. The highest BCUT2D eigenvalue weighted by Crippen LogP contribution is 2.11. The molecule has 7 heteroatoms. The molecule has 0 unspecified atom stereocenters. The van der Waals surface area contributed by atoms with Crippen molar-refractivity contribution < 1.29 is 4.79 Å². The van der Waals surface area contributed by atoms with E-state index in [4.69, 9.17) is 0 Å². The molecule has 1 rings (SSSR count). The molecule has 0 aromatic heterocycles. The monoisotopic (exact) mass is 475 g/mol. The van der Waals surface area contributed by atoms with Crippen LogP contribution in [0.15, 0.2) is 35.3 Å². The fraction of sp³-hybridized carbons (Fsp3) is 0.579. The summed E-state index contributed by atoms with van der Waals surface area (Å²) in [6.07, 6.45) is 2.12. The molecule has 26 heavy (non-hydrogen) atoms. The number of unbranched alkanes of at least 4 members (excludes halogenated alkanes) is 1. The fourth-order valence-corrected chi connectivity index (χ4v) is 2.34. The number of amides is 1. The van der Waals surface area contributed by atoms with Gasteiger partial charge in [-0.3, -0.25) is 9.79 Å². The van der Waals surface area contributed by atoms with Gasteiger partial charge in [-0.15, -0.1) is 24.0 Å². The zero-order valence-corrected chi connectivity index (χ0v) is 19.0. The van der Waals surface area contributed by atoms with Crippen LogP contribution in [0.4, 0.5) is 5.69 Å². The Morgan fingerprint density at radius 3 is 2.35 bits per heavy atom. The predicted octanol–water partition coefficient (Wildman–Crippen LogP) is 2.60. The van der Waals surface area contributed by atoms with Crippen LogP contribution >= 0.6 is 24.0 Å². The van der Waals surface area contributed by atoms with Crippen molar-refractivity contribution in [3.63, 3.8) is 0 Å². The van der Waals surface area contributed by atoms with Crippen LogP contribution in [0.1, 0.15) is 33.6 Å². The highest BCUT2D eigenvalue weighted by molar-refractivity contribution is 14.0. The quantitative estimate of drug-likeness (QED) is 0.234. The number of hydrogen-bond acceptors (Lipinski definition) is 3. The minimum Gasteiger partial charge on any atom is -0.375 e. The molecule has 0 aliphatic rings. The van der Waals surface area contributed by atoms with E-state index in [0.29, 0.717) is 5.96 Å². The van der Waals surface area contributed by atoms with Crippen LogP contribution in [-0.4, -0.2) is 51.1 Å². The van der Waals surface area contributed by atoms with Crippen molar-refractivity contribution in [3.8, 4) is 0 Å². The Labute approximate surface area is 175 Å². The maximum absolute atomic E-state index is 11.8. The predicted molar refractivity (Wildman–Crippen MR) is 122 cm³/mol. The average molecular weight is 475 g/mol. The standard InChI is InChI=1S/C19H33N5O.HI/c1-19(2,3)23-17(25)15-22-18(20-4)21-13-9-10-14-24(5)16-11-7-6-8-12-16;/h6-8,11-12H,9-10,13-15H2,1-5H3,(H,23,25)(H2,20,21,22);1H. The van der Waals surface area contributed by atoms with E-state index in [9.17, 15) is 4.79 Å². The van der Waals surface area contributed by atoms with Gasteiger partial charge in [0.1, 0.15) is 0 Å². The summed E-state index contributed by atoms with van der Waals surface area (Å²) in [5.41, 5.74) is 1.01. The Bertz CT molecular complexity index is 543. The first kappa shape index (κ1) is 24.5. The highest BCUT2D eigenvalue weighted by atomic mass is 127. The molecular weight excluding hydrogens is 441 g/mol. The summed E-state index contributed by atoms with van der Waals surface area (Å²) < 4.78 is 0. The maximum Gasteiger partial charge on any atom is 0.239 e. The summed E-state index contributed by atoms with van der Waals surface area (Å²) in [6, 6.07) is 10.4. The number of para-hydroxylation sites is 1. The summed E-state index contributed by atoms with van der Waals surface area (Å²) in [5.74, 6) is 0.611. The van der Waals surface area contributed by atoms with Crippen LogP contribution in [0.3, 0.4) is 0 Å². The van der Waals surface area contributed by atoms with Crippen molar-refractivity contribution >= 4 is 41.5 Å². The molecule has 0 aliphatic carbocycles. The smallest absolute Gasteiger partial charge is 0.239 e. The van der Waals surface area contributed by atoms with E-state index in [1.807, 2.05) is 26.8 Å². The Morgan fingerprint density at radius 1 is 1.12 bits per heavy atom. The molecule has 148 valence electrons. The maximum atomic E-state index is 11.8. The molecule has 0 aliphatic heterocycles. The van der Waals surface area contributed by atoms with Gasteiger partial charge in [0.2, 0.25) is 5.91 Å². The number of carbonyl (C=O) groups is 1. The van der Waals surface area contributed by atoms with Crippen LogP contribution in [0.5, 0.6) is 0 Å². The fourth-order valence-electron chi connectivity index (χ4n) is 2.34. The van der Waals surface area contributed by atoms with Gasteiger partial charge in [0, 0.05) is 38.4 Å². The van der Waals surface area contributed by atoms with Gasteiger partial charge in [-0.25, -0.2) is 0 Å². The molecule has 0 bridgehead atoms. The van der Waals surface area contributed by atoms with Gasteiger partial charge in [-0.05, 0) is 45.7 Å². The number of rotatable bonds is 8. The molecule has 1 aromatic carbocycles. The zero-order valence-electron chi connectivity index (χ0n) is 16.6. The molecule has 0 saturated heterocycles. The number of benzene rings is 1. The number of anilines is 1. The third-order valence-electron chi connectivity index (χ3n) is 3.56. The number of hydrogen-bond donors (Lipinski definition) is 3. The summed E-state index contributed by atoms with van der Waals surface area (Å²) in [7, 11) is 3.82. The van der Waals surface area contributed by atoms with Gasteiger partial charge in [-0.2, -0.15) is 0 Å². The Kier molecular flexibility index (Phi) is 12.0. The molecule has 0 spiro atoms.